The van der Waals surface area contributed by atoms with Crippen LogP contribution in [-0.2, 0) is 24.4 Å². The van der Waals surface area contributed by atoms with Gasteiger partial charge in [-0.05, 0) is 37.1 Å². The topological polar surface area (TPSA) is 116 Å². The van der Waals surface area contributed by atoms with Gasteiger partial charge in [0.15, 0.2) is 0 Å². The van der Waals surface area contributed by atoms with Crippen LogP contribution >= 0.6 is 0 Å². The first-order valence-electron chi connectivity index (χ1n) is 9.08. The molecule has 1 aromatic rings. The summed E-state index contributed by atoms with van der Waals surface area (Å²) in [6, 6.07) is 5.73. The second-order valence-electron chi connectivity index (χ2n) is 6.65. The molecule has 2 rings (SSSR count). The van der Waals surface area contributed by atoms with E-state index in [-0.39, 0.29) is 23.3 Å². The number of carbonyl (C=O) groups excluding carboxylic acids is 3. The number of likely N-dealkylation sites (tertiary alicyclic amines) is 1. The molecule has 0 unspecified atom stereocenters. The third-order valence-electron chi connectivity index (χ3n) is 4.35. The van der Waals surface area contributed by atoms with E-state index < -0.39 is 15.9 Å². The van der Waals surface area contributed by atoms with Crippen molar-refractivity contribution in [3.8, 4) is 0 Å². The molecule has 10 heteroatoms. The number of nitrogens with zero attached hydrogens (tertiary/aromatic N) is 2. The summed E-state index contributed by atoms with van der Waals surface area (Å²) in [5, 5.41) is 5.24. The fourth-order valence-electron chi connectivity index (χ4n) is 2.87. The molecule has 3 amide bonds. The molecule has 1 heterocycles. The molecule has 0 aliphatic carbocycles. The number of likely N-dealkylation sites (N-methyl/N-ethyl adjacent to an activating group) is 1. The molecule has 9 nitrogen and oxygen atoms in total. The Balaban J connectivity index is 1.81. The van der Waals surface area contributed by atoms with E-state index in [0.717, 1.165) is 17.3 Å². The lowest BCUT2D eigenvalue weighted by atomic mass is 10.3. The van der Waals surface area contributed by atoms with Crippen LogP contribution in [0, 0.1) is 0 Å². The Kier molecular flexibility index (Phi) is 7.53. The maximum absolute atomic E-state index is 12.6. The number of anilines is 1. The minimum Gasteiger partial charge on any atom is -0.355 e. The zero-order chi connectivity index (χ0) is 20.7. The lowest BCUT2D eigenvalue weighted by Gasteiger charge is -2.18. The van der Waals surface area contributed by atoms with Crippen molar-refractivity contribution < 1.29 is 22.8 Å². The summed E-state index contributed by atoms with van der Waals surface area (Å²) in [6.45, 7) is 2.78. The first kappa shape index (κ1) is 21.8. The quantitative estimate of drug-likeness (QED) is 0.572. The van der Waals surface area contributed by atoms with Gasteiger partial charge in [0.05, 0.1) is 11.4 Å². The summed E-state index contributed by atoms with van der Waals surface area (Å²) < 4.78 is 26.1. The number of hydrogen-bond donors (Lipinski definition) is 2. The van der Waals surface area contributed by atoms with Crippen LogP contribution in [0.2, 0.25) is 0 Å². The standard InChI is InChI=1S/C18H26N4O5S/c1-14(23)20-15-6-8-16(9-7-15)28(26,27)21(2)13-17(24)19-10-4-12-22-11-3-5-18(22)25/h6-9H,3-5,10-13H2,1-2H3,(H,19,24)(H,20,23). The van der Waals surface area contributed by atoms with Crippen molar-refractivity contribution in [3.63, 3.8) is 0 Å². The summed E-state index contributed by atoms with van der Waals surface area (Å²) in [5.41, 5.74) is 0.489. The average Bonchev–Trinajstić information content (AvgIpc) is 3.03. The molecule has 1 saturated heterocycles. The zero-order valence-electron chi connectivity index (χ0n) is 16.1. The molecule has 1 aromatic carbocycles. The minimum absolute atomic E-state index is 0.0319. The third-order valence-corrected chi connectivity index (χ3v) is 6.17. The smallest absolute Gasteiger partial charge is 0.243 e. The Morgan fingerprint density at radius 1 is 1.21 bits per heavy atom. The van der Waals surface area contributed by atoms with Gasteiger partial charge < -0.3 is 15.5 Å². The predicted octanol–water partition coefficient (Wildman–Crippen LogP) is 0.394. The Morgan fingerprint density at radius 2 is 1.89 bits per heavy atom. The Hall–Kier alpha value is -2.46. The second kappa shape index (κ2) is 9.65. The van der Waals surface area contributed by atoms with Gasteiger partial charge in [-0.1, -0.05) is 0 Å². The molecular weight excluding hydrogens is 384 g/mol. The number of sulfonamides is 1. The first-order chi connectivity index (χ1) is 13.2. The van der Waals surface area contributed by atoms with E-state index in [1.54, 1.807) is 4.90 Å². The molecule has 0 bridgehead atoms. The van der Waals surface area contributed by atoms with Crippen LogP contribution in [-0.4, -0.2) is 68.6 Å². The third kappa shape index (κ3) is 6.03. The highest BCUT2D eigenvalue weighted by atomic mass is 32.2. The lowest BCUT2D eigenvalue weighted by molar-refractivity contribution is -0.127. The van der Waals surface area contributed by atoms with E-state index in [0.29, 0.717) is 31.6 Å². The monoisotopic (exact) mass is 410 g/mol. The van der Waals surface area contributed by atoms with Gasteiger partial charge in [0.1, 0.15) is 0 Å². The maximum atomic E-state index is 12.6. The fraction of sp³-hybridized carbons (Fsp3) is 0.500. The normalized spacial score (nSPS) is 14.4. The van der Waals surface area contributed by atoms with Gasteiger partial charge in [-0.25, -0.2) is 8.42 Å². The fourth-order valence-corrected chi connectivity index (χ4v) is 4.00. The van der Waals surface area contributed by atoms with Gasteiger partial charge in [0.2, 0.25) is 27.7 Å². The molecule has 1 aliphatic heterocycles. The van der Waals surface area contributed by atoms with Crippen molar-refractivity contribution in [2.24, 2.45) is 0 Å². The van der Waals surface area contributed by atoms with E-state index in [1.807, 2.05) is 0 Å². The van der Waals surface area contributed by atoms with Gasteiger partial charge in [-0.2, -0.15) is 4.31 Å². The highest BCUT2D eigenvalue weighted by molar-refractivity contribution is 7.89. The summed E-state index contributed by atoms with van der Waals surface area (Å²) in [5.74, 6) is -0.520. The van der Waals surface area contributed by atoms with Crippen molar-refractivity contribution >= 4 is 33.4 Å². The molecule has 1 fully saturated rings. The average molecular weight is 410 g/mol. The van der Waals surface area contributed by atoms with Gasteiger partial charge in [0.25, 0.3) is 0 Å². The van der Waals surface area contributed by atoms with E-state index in [4.69, 9.17) is 0 Å². The summed E-state index contributed by atoms with van der Waals surface area (Å²) in [6.07, 6.45) is 2.08. The SMILES string of the molecule is CC(=O)Nc1ccc(S(=O)(=O)N(C)CC(=O)NCCCN2CCCC2=O)cc1. The lowest BCUT2D eigenvalue weighted by Crippen LogP contribution is -2.39. The highest BCUT2D eigenvalue weighted by Crippen LogP contribution is 2.17. The van der Waals surface area contributed by atoms with E-state index in [2.05, 4.69) is 10.6 Å². The predicted molar refractivity (Wildman–Crippen MR) is 104 cm³/mol. The van der Waals surface area contributed by atoms with Crippen molar-refractivity contribution in [2.75, 3.05) is 38.5 Å². The van der Waals surface area contributed by atoms with Crippen molar-refractivity contribution in [2.45, 2.75) is 31.1 Å². The van der Waals surface area contributed by atoms with Crippen molar-refractivity contribution in [1.29, 1.82) is 0 Å². The van der Waals surface area contributed by atoms with Gasteiger partial charge in [-0.15, -0.1) is 0 Å². The number of benzene rings is 1. The number of carbonyl (C=O) groups is 3. The summed E-state index contributed by atoms with van der Waals surface area (Å²) >= 11 is 0. The second-order valence-corrected chi connectivity index (χ2v) is 8.70. The molecule has 28 heavy (non-hydrogen) atoms. The Morgan fingerprint density at radius 3 is 2.46 bits per heavy atom. The summed E-state index contributed by atoms with van der Waals surface area (Å²) in [4.78, 5) is 36.4. The van der Waals surface area contributed by atoms with Crippen LogP contribution in [0.1, 0.15) is 26.2 Å². The van der Waals surface area contributed by atoms with Gasteiger partial charge in [0, 0.05) is 45.7 Å². The van der Waals surface area contributed by atoms with Gasteiger partial charge in [-0.3, -0.25) is 14.4 Å². The number of amides is 3. The number of nitrogens with one attached hydrogen (secondary N) is 2. The van der Waals surface area contributed by atoms with Crippen molar-refractivity contribution in [1.82, 2.24) is 14.5 Å². The van der Waals surface area contributed by atoms with E-state index >= 15 is 0 Å². The zero-order valence-corrected chi connectivity index (χ0v) is 16.9. The Labute approximate surface area is 165 Å². The number of hydrogen-bond acceptors (Lipinski definition) is 5. The molecule has 154 valence electrons. The molecular formula is C18H26N4O5S. The molecule has 0 saturated carbocycles. The minimum atomic E-state index is -3.82. The first-order valence-corrected chi connectivity index (χ1v) is 10.5. The molecule has 0 atom stereocenters. The van der Waals surface area contributed by atoms with E-state index in [9.17, 15) is 22.8 Å². The maximum Gasteiger partial charge on any atom is 0.243 e. The van der Waals surface area contributed by atoms with Crippen LogP contribution in [0.5, 0.6) is 0 Å². The number of rotatable bonds is 9. The van der Waals surface area contributed by atoms with Crippen LogP contribution in [0.15, 0.2) is 29.2 Å². The largest absolute Gasteiger partial charge is 0.355 e. The van der Waals surface area contributed by atoms with Crippen LogP contribution < -0.4 is 10.6 Å². The Bertz CT molecular complexity index is 823. The summed E-state index contributed by atoms with van der Waals surface area (Å²) in [7, 11) is -2.49. The molecule has 0 aromatic heterocycles. The van der Waals surface area contributed by atoms with Gasteiger partial charge >= 0.3 is 0 Å². The molecule has 2 N–H and O–H groups in total. The van der Waals surface area contributed by atoms with Crippen molar-refractivity contribution in [3.05, 3.63) is 24.3 Å². The van der Waals surface area contributed by atoms with E-state index in [1.165, 1.54) is 38.2 Å². The molecule has 0 spiro atoms. The van der Waals surface area contributed by atoms with Crippen LogP contribution in [0.25, 0.3) is 0 Å². The molecule has 1 aliphatic rings. The van der Waals surface area contributed by atoms with Crippen LogP contribution in [0.4, 0.5) is 5.69 Å². The molecule has 0 radical (unpaired) electrons. The van der Waals surface area contributed by atoms with Crippen LogP contribution in [0.3, 0.4) is 0 Å². The highest BCUT2D eigenvalue weighted by Gasteiger charge is 2.23.